The van der Waals surface area contributed by atoms with Gasteiger partial charge in [-0.2, -0.15) is 0 Å². The fourth-order valence-corrected chi connectivity index (χ4v) is 3.82. The van der Waals surface area contributed by atoms with Crippen molar-refractivity contribution in [2.45, 2.75) is 26.1 Å². The Bertz CT molecular complexity index is 1020. The lowest BCUT2D eigenvalue weighted by Crippen LogP contribution is -2.44. The van der Waals surface area contributed by atoms with Crippen molar-refractivity contribution in [1.29, 1.82) is 0 Å². The van der Waals surface area contributed by atoms with Crippen molar-refractivity contribution in [3.8, 4) is 11.5 Å². The van der Waals surface area contributed by atoms with E-state index in [1.54, 1.807) is 11.0 Å². The van der Waals surface area contributed by atoms with Crippen LogP contribution in [0.4, 0.5) is 5.69 Å². The van der Waals surface area contributed by atoms with Crippen LogP contribution in [-0.4, -0.2) is 22.5 Å². The van der Waals surface area contributed by atoms with Crippen LogP contribution in [0.1, 0.15) is 47.5 Å². The Morgan fingerprint density at radius 3 is 2.52 bits per heavy atom. The predicted molar refractivity (Wildman–Crippen MR) is 113 cm³/mol. The number of carbonyl (C=O) groups excluding carboxylic acids is 1. The summed E-state index contributed by atoms with van der Waals surface area (Å²) in [7, 11) is 0. The predicted octanol–water partition coefficient (Wildman–Crippen LogP) is 5.12. The van der Waals surface area contributed by atoms with Crippen LogP contribution in [0.2, 0.25) is 0 Å². The Hall–Kier alpha value is -3.47. The zero-order valence-electron chi connectivity index (χ0n) is 16.5. The van der Waals surface area contributed by atoms with Crippen LogP contribution in [-0.2, 0) is 0 Å². The Labute approximate surface area is 170 Å². The molecule has 0 bridgehead atoms. The molecular weight excluding hydrogens is 364 g/mol. The first kappa shape index (κ1) is 18.9. The molecule has 0 radical (unpaired) electrons. The highest BCUT2D eigenvalue weighted by Crippen LogP contribution is 2.43. The first-order valence-electron chi connectivity index (χ1n) is 9.79. The summed E-state index contributed by atoms with van der Waals surface area (Å²) >= 11 is 0. The van der Waals surface area contributed by atoms with Crippen molar-refractivity contribution < 1.29 is 14.6 Å². The number of nitrogens with one attached hydrogen (secondary N) is 1. The van der Waals surface area contributed by atoms with Gasteiger partial charge in [-0.25, -0.2) is 0 Å². The van der Waals surface area contributed by atoms with Gasteiger partial charge >= 0.3 is 0 Å². The van der Waals surface area contributed by atoms with Crippen molar-refractivity contribution >= 4 is 11.6 Å². The van der Waals surface area contributed by atoms with E-state index >= 15 is 0 Å². The fourth-order valence-electron chi connectivity index (χ4n) is 3.82. The standard InChI is InChI=1S/C24H24N2O3/c1-3-29-21-15-9-13-19(22(21)27)23-25-20-14-8-7-12-18(20)24(28)26(23)16(2)17-10-5-4-6-11-17/h4-16,23,25,27H,3H2,1-2H3/t16-,23-/m1/s1. The van der Waals surface area contributed by atoms with E-state index in [0.717, 1.165) is 11.3 Å². The molecule has 3 aromatic rings. The van der Waals surface area contributed by atoms with Crippen LogP contribution >= 0.6 is 0 Å². The fraction of sp³-hybridized carbons (Fsp3) is 0.208. The third-order valence-electron chi connectivity index (χ3n) is 5.29. The van der Waals surface area contributed by atoms with E-state index in [9.17, 15) is 9.90 Å². The van der Waals surface area contributed by atoms with Crippen LogP contribution in [0.25, 0.3) is 0 Å². The van der Waals surface area contributed by atoms with Gasteiger partial charge in [0.2, 0.25) is 0 Å². The molecule has 29 heavy (non-hydrogen) atoms. The largest absolute Gasteiger partial charge is 0.504 e. The maximum Gasteiger partial charge on any atom is 0.258 e. The molecule has 0 saturated heterocycles. The lowest BCUT2D eigenvalue weighted by Gasteiger charge is -2.42. The summed E-state index contributed by atoms with van der Waals surface area (Å²) in [5, 5.41) is 14.3. The monoisotopic (exact) mass is 388 g/mol. The lowest BCUT2D eigenvalue weighted by molar-refractivity contribution is 0.0593. The van der Waals surface area contributed by atoms with E-state index in [1.807, 2.05) is 80.6 Å². The minimum absolute atomic E-state index is 0.0456. The molecule has 5 heteroatoms. The summed E-state index contributed by atoms with van der Waals surface area (Å²) in [6.45, 7) is 4.31. The van der Waals surface area contributed by atoms with E-state index in [0.29, 0.717) is 23.5 Å². The van der Waals surface area contributed by atoms with Gasteiger partial charge in [0.25, 0.3) is 5.91 Å². The SMILES string of the molecule is CCOc1cccc([C@@H]2Nc3ccccc3C(=O)N2[C@H](C)c2ccccc2)c1O. The minimum atomic E-state index is -0.534. The van der Waals surface area contributed by atoms with Crippen LogP contribution < -0.4 is 10.1 Å². The van der Waals surface area contributed by atoms with E-state index in [2.05, 4.69) is 5.32 Å². The maximum atomic E-state index is 13.5. The van der Waals surface area contributed by atoms with Gasteiger partial charge in [0.1, 0.15) is 6.17 Å². The Kier molecular flexibility index (Phi) is 5.12. The number of fused-ring (bicyclic) bond motifs is 1. The number of hydrogen-bond acceptors (Lipinski definition) is 4. The van der Waals surface area contributed by atoms with Gasteiger partial charge in [-0.3, -0.25) is 4.79 Å². The Morgan fingerprint density at radius 1 is 1.03 bits per heavy atom. The van der Waals surface area contributed by atoms with Gasteiger partial charge in [-0.05, 0) is 37.6 Å². The second-order valence-corrected chi connectivity index (χ2v) is 7.02. The molecule has 1 aliphatic rings. The average molecular weight is 388 g/mol. The summed E-state index contributed by atoms with van der Waals surface area (Å²) in [4.78, 5) is 15.3. The smallest absolute Gasteiger partial charge is 0.258 e. The summed E-state index contributed by atoms with van der Waals surface area (Å²) in [6.07, 6.45) is -0.534. The summed E-state index contributed by atoms with van der Waals surface area (Å²) in [5.41, 5.74) is 2.99. The highest BCUT2D eigenvalue weighted by Gasteiger charge is 2.37. The third-order valence-corrected chi connectivity index (χ3v) is 5.29. The number of benzene rings is 3. The van der Waals surface area contributed by atoms with Crippen molar-refractivity contribution in [3.05, 3.63) is 89.5 Å². The molecule has 1 aliphatic heterocycles. The van der Waals surface area contributed by atoms with Crippen molar-refractivity contribution in [3.63, 3.8) is 0 Å². The zero-order chi connectivity index (χ0) is 20.4. The number of rotatable bonds is 5. The first-order valence-corrected chi connectivity index (χ1v) is 9.79. The molecule has 0 fully saturated rings. The average Bonchev–Trinajstić information content (AvgIpc) is 2.75. The van der Waals surface area contributed by atoms with Crippen molar-refractivity contribution in [1.82, 2.24) is 4.90 Å². The zero-order valence-corrected chi connectivity index (χ0v) is 16.5. The number of nitrogens with zero attached hydrogens (tertiary/aromatic N) is 1. The normalized spacial score (nSPS) is 16.7. The molecule has 0 spiro atoms. The number of phenolic OH excluding ortho intramolecular Hbond substituents is 1. The molecule has 0 aliphatic carbocycles. The molecule has 148 valence electrons. The Balaban J connectivity index is 1.84. The molecule has 1 amide bonds. The molecule has 0 aromatic heterocycles. The van der Waals surface area contributed by atoms with Gasteiger partial charge in [-0.1, -0.05) is 54.6 Å². The van der Waals surface area contributed by atoms with E-state index in [-0.39, 0.29) is 17.7 Å². The first-order chi connectivity index (χ1) is 14.1. The third kappa shape index (κ3) is 3.40. The van der Waals surface area contributed by atoms with E-state index in [1.165, 1.54) is 0 Å². The molecule has 2 atom stereocenters. The van der Waals surface area contributed by atoms with Crippen LogP contribution in [0.15, 0.2) is 72.8 Å². The van der Waals surface area contributed by atoms with Gasteiger partial charge in [0, 0.05) is 11.3 Å². The minimum Gasteiger partial charge on any atom is -0.504 e. The van der Waals surface area contributed by atoms with E-state index in [4.69, 9.17) is 4.74 Å². The van der Waals surface area contributed by atoms with Crippen molar-refractivity contribution in [2.24, 2.45) is 0 Å². The quantitative estimate of drug-likeness (QED) is 0.637. The summed E-state index contributed by atoms with van der Waals surface area (Å²) in [5.74, 6) is 0.372. The van der Waals surface area contributed by atoms with Gasteiger partial charge in [0.05, 0.1) is 18.2 Å². The molecule has 5 nitrogen and oxygen atoms in total. The number of anilines is 1. The molecule has 0 saturated carbocycles. The summed E-state index contributed by atoms with van der Waals surface area (Å²) < 4.78 is 5.56. The molecular formula is C24H24N2O3. The van der Waals surface area contributed by atoms with Gasteiger partial charge in [-0.15, -0.1) is 0 Å². The van der Waals surface area contributed by atoms with Crippen LogP contribution in [0, 0.1) is 0 Å². The molecule has 2 N–H and O–H groups in total. The number of ether oxygens (including phenoxy) is 1. The molecule has 1 heterocycles. The number of phenols is 1. The lowest BCUT2D eigenvalue weighted by atomic mass is 9.98. The van der Waals surface area contributed by atoms with Crippen LogP contribution in [0.3, 0.4) is 0 Å². The highest BCUT2D eigenvalue weighted by molar-refractivity contribution is 6.02. The number of amides is 1. The highest BCUT2D eigenvalue weighted by atomic mass is 16.5. The van der Waals surface area contributed by atoms with Crippen molar-refractivity contribution in [2.75, 3.05) is 11.9 Å². The topological polar surface area (TPSA) is 61.8 Å². The second-order valence-electron chi connectivity index (χ2n) is 7.02. The van der Waals surface area contributed by atoms with Gasteiger partial charge < -0.3 is 20.1 Å². The number of hydrogen-bond donors (Lipinski definition) is 2. The number of aromatic hydroxyl groups is 1. The van der Waals surface area contributed by atoms with Crippen LogP contribution in [0.5, 0.6) is 11.5 Å². The molecule has 3 aromatic carbocycles. The Morgan fingerprint density at radius 2 is 1.76 bits per heavy atom. The van der Waals surface area contributed by atoms with E-state index < -0.39 is 6.17 Å². The number of carbonyl (C=O) groups is 1. The maximum absolute atomic E-state index is 13.5. The second kappa shape index (κ2) is 7.87. The summed E-state index contributed by atoms with van der Waals surface area (Å²) in [6, 6.07) is 22.5. The van der Waals surface area contributed by atoms with Gasteiger partial charge in [0.15, 0.2) is 11.5 Å². The molecule has 4 rings (SSSR count). The number of para-hydroxylation sites is 2. The molecule has 0 unspecified atom stereocenters.